The van der Waals surface area contributed by atoms with Gasteiger partial charge in [0.15, 0.2) is 29.4 Å². The van der Waals surface area contributed by atoms with Gasteiger partial charge in [-0.25, -0.2) is 39.9 Å². The van der Waals surface area contributed by atoms with Crippen LogP contribution >= 0.6 is 144 Å². The Morgan fingerprint density at radius 2 is 0.902 bits per heavy atom. The van der Waals surface area contributed by atoms with Crippen molar-refractivity contribution in [1.82, 2.24) is 39.9 Å². The summed E-state index contributed by atoms with van der Waals surface area (Å²) in [5.41, 5.74) is 7.49. The molecule has 9 heterocycles. The van der Waals surface area contributed by atoms with Gasteiger partial charge in [-0.1, -0.05) is 193 Å². The maximum absolute atomic E-state index is 12.8. The lowest BCUT2D eigenvalue weighted by atomic mass is 9.92. The first-order valence-corrected chi connectivity index (χ1v) is 44.5. The number of methoxy groups -OCH3 is 7. The highest BCUT2D eigenvalue weighted by molar-refractivity contribution is 9.09. The van der Waals surface area contributed by atoms with Crippen molar-refractivity contribution in [2.75, 3.05) is 116 Å². The molecule has 1 aromatic carbocycles. The first-order valence-electron chi connectivity index (χ1n) is 39.2. The molecule has 0 bridgehead atoms. The minimum absolute atomic E-state index is 0.00731. The minimum Gasteiger partial charge on any atom is -0.493 e. The topological polar surface area (TPSA) is 392 Å². The number of hydrogen-bond donors (Lipinski definition) is 4. The second-order valence-corrected chi connectivity index (χ2v) is 32.2. The minimum atomic E-state index is -4.95. The van der Waals surface area contributed by atoms with Crippen LogP contribution in [0, 0.1) is 0 Å². The van der Waals surface area contributed by atoms with Crippen LogP contribution in [-0.4, -0.2) is 201 Å². The van der Waals surface area contributed by atoms with Crippen LogP contribution in [0.15, 0.2) is 122 Å². The number of nitrogens with two attached hydrogens (primary N) is 1. The zero-order chi connectivity index (χ0) is 98.9. The molecular weight excluding hydrogens is 2050 g/mol. The van der Waals surface area contributed by atoms with E-state index < -0.39 is 29.6 Å². The van der Waals surface area contributed by atoms with Gasteiger partial charge in [0.1, 0.15) is 126 Å². The molecule has 1 saturated carbocycles. The zero-order valence-corrected chi connectivity index (χ0v) is 83.5. The third kappa shape index (κ3) is 42.7. The van der Waals surface area contributed by atoms with E-state index in [2.05, 4.69) is 67.1 Å². The Morgan fingerprint density at radius 1 is 0.519 bits per heavy atom. The summed E-state index contributed by atoms with van der Waals surface area (Å²) in [6, 6.07) is 31.4. The Morgan fingerprint density at radius 3 is 1.27 bits per heavy atom. The number of carbonyl (C=O) groups excluding carboxylic acids is 3. The van der Waals surface area contributed by atoms with Gasteiger partial charge >= 0.3 is 6.18 Å². The van der Waals surface area contributed by atoms with E-state index in [0.717, 1.165) is 46.9 Å². The average Bonchev–Trinajstić information content (AvgIpc) is 1.66. The largest absolute Gasteiger partial charge is 0.493 e. The summed E-state index contributed by atoms with van der Waals surface area (Å²) in [7, 11) is 10.7. The lowest BCUT2D eigenvalue weighted by molar-refractivity contribution is -0.263. The predicted molar refractivity (Wildman–Crippen MR) is 501 cm³/mol. The van der Waals surface area contributed by atoms with Gasteiger partial charge in [0, 0.05) is 100 Å². The number of rotatable bonds is 42. The summed E-state index contributed by atoms with van der Waals surface area (Å²) < 4.78 is 120. The molecule has 0 radical (unpaired) electrons. The molecule has 0 amide bonds. The molecule has 0 spiro atoms. The zero-order valence-electron chi connectivity index (χ0n) is 73.6. The van der Waals surface area contributed by atoms with Crippen molar-refractivity contribution < 1.29 is 119 Å². The highest BCUT2D eigenvalue weighted by atomic mass is 79.9. The smallest absolute Gasteiger partial charge is 0.424 e. The predicted octanol–water partition coefficient (Wildman–Crippen LogP) is 19.8. The second-order valence-electron chi connectivity index (χ2n) is 27.6. The summed E-state index contributed by atoms with van der Waals surface area (Å²) in [6.07, 6.45) is -1.68. The highest BCUT2D eigenvalue weighted by Gasteiger charge is 2.55. The van der Waals surface area contributed by atoms with Gasteiger partial charge in [-0.15, -0.1) is 0 Å². The van der Waals surface area contributed by atoms with Crippen LogP contribution in [0.3, 0.4) is 0 Å². The summed E-state index contributed by atoms with van der Waals surface area (Å²) >= 11 is 66.5. The second kappa shape index (κ2) is 63.0. The fourth-order valence-corrected chi connectivity index (χ4v) is 12.4. The van der Waals surface area contributed by atoms with Gasteiger partial charge in [-0.2, -0.15) is 13.2 Å². The van der Waals surface area contributed by atoms with Gasteiger partial charge in [0.05, 0.1) is 101 Å². The summed E-state index contributed by atoms with van der Waals surface area (Å²) in [5.74, 6) is 1.48. The van der Waals surface area contributed by atoms with E-state index in [9.17, 15) is 37.8 Å². The molecule has 3 atom stereocenters. The summed E-state index contributed by atoms with van der Waals surface area (Å²) in [6.45, 7) is 12.1. The maximum Gasteiger partial charge on any atom is 0.424 e. The molecule has 2 fully saturated rings. The van der Waals surface area contributed by atoms with Crippen LogP contribution in [-0.2, 0) is 129 Å². The Hall–Kier alpha value is -6.65. The van der Waals surface area contributed by atoms with Gasteiger partial charge in [-0.3, -0.25) is 14.4 Å². The van der Waals surface area contributed by atoms with E-state index in [1.165, 1.54) is 39.5 Å². The summed E-state index contributed by atoms with van der Waals surface area (Å²) in [5, 5.41) is 32.3. The Balaban J connectivity index is 0.000000326. The van der Waals surface area contributed by atoms with E-state index in [1.54, 1.807) is 108 Å². The Labute approximate surface area is 831 Å². The molecule has 5 N–H and O–H groups in total. The molecule has 1 aliphatic heterocycles. The number of aromatic nitrogens is 8. The Kier molecular flexibility index (Phi) is 56.2. The molecule has 1 aliphatic carbocycles. The molecular formula is C87H100BrCl11F3N9O22. The number of hydrogen-bond acceptors (Lipinski definition) is 31. The van der Waals surface area contributed by atoms with Crippen LogP contribution in [0.25, 0.3) is 5.76 Å². The molecule has 11 rings (SSSR count). The first-order chi connectivity index (χ1) is 63.3. The quantitative estimate of drug-likeness (QED) is 0.00403. The average molecular weight is 2150 g/mol. The number of aliphatic hydroxyl groups is 3. The SMILES string of the molecule is C=C(OCC)c1ccc(COCOC)c(Cl)n1.COCOCc1ccc(C(=O)CBr)nc1Cl.COCOCc1ccc(C(C)(O)CCC(=O)c2ccc(OC3CC3)c(OC)c2)nc1Cl.COCOCc1ccc(C(O)(CN)C(F)(F)F)nc1Cl.COCOCc1ccc(C2(C)CO2)nc1Cl.COCOCc1ccc(Cl)nc1Cl.O=Cc1ccc(Cl)nc1Cl.OCc1ccc(Cl)nc1Cl. The monoisotopic (exact) mass is 2140 g/mol. The van der Waals surface area contributed by atoms with Gasteiger partial charge < -0.3 is 96.8 Å². The fraction of sp³-hybridized carbons (Fsp3) is 0.414. The lowest BCUT2D eigenvalue weighted by Crippen LogP contribution is -2.49. The van der Waals surface area contributed by atoms with Crippen LogP contribution < -0.4 is 15.2 Å². The van der Waals surface area contributed by atoms with E-state index >= 15 is 0 Å². The van der Waals surface area contributed by atoms with Crippen molar-refractivity contribution in [3.63, 3.8) is 0 Å². The molecule has 9 aromatic rings. The molecule has 1 saturated heterocycles. The highest BCUT2D eigenvalue weighted by Crippen LogP contribution is 2.41. The van der Waals surface area contributed by atoms with E-state index in [0.29, 0.717) is 134 Å². The maximum atomic E-state index is 12.8. The number of aliphatic hydroxyl groups excluding tert-OH is 1. The van der Waals surface area contributed by atoms with Crippen molar-refractivity contribution in [3.8, 4) is 11.5 Å². The number of Topliss-reactive ketones (excluding diaryl/α,β-unsaturated/α-hetero) is 2. The number of aldehydes is 1. The molecule has 46 heteroatoms. The molecule has 31 nitrogen and oxygen atoms in total. The third-order valence-electron chi connectivity index (χ3n) is 17.3. The number of nitrogens with zero attached hydrogens (tertiary/aromatic N) is 8. The van der Waals surface area contributed by atoms with Crippen molar-refractivity contribution >= 4 is 167 Å². The van der Waals surface area contributed by atoms with Crippen LogP contribution in [0.5, 0.6) is 11.5 Å². The Bertz CT molecular complexity index is 5100. The van der Waals surface area contributed by atoms with Crippen molar-refractivity contribution in [2.45, 2.75) is 122 Å². The molecule has 8 aromatic heterocycles. The van der Waals surface area contributed by atoms with Crippen molar-refractivity contribution in [1.29, 1.82) is 0 Å². The number of benzene rings is 1. The number of carbonyl (C=O) groups is 3. The number of alkyl halides is 4. The molecule has 2 aliphatic rings. The number of ketones is 2. The van der Waals surface area contributed by atoms with E-state index in [-0.39, 0.29) is 133 Å². The normalized spacial score (nSPS) is 13.7. The summed E-state index contributed by atoms with van der Waals surface area (Å²) in [4.78, 5) is 65.8. The van der Waals surface area contributed by atoms with Crippen molar-refractivity contribution in [2.24, 2.45) is 5.73 Å². The first kappa shape index (κ1) is 119. The lowest BCUT2D eigenvalue weighted by Gasteiger charge is -2.28. The van der Waals surface area contributed by atoms with Crippen LogP contribution in [0.4, 0.5) is 13.2 Å². The van der Waals surface area contributed by atoms with Gasteiger partial charge in [-0.05, 0) is 113 Å². The van der Waals surface area contributed by atoms with Crippen LogP contribution in [0.2, 0.25) is 56.7 Å². The third-order valence-corrected chi connectivity index (χ3v) is 21.1. The van der Waals surface area contributed by atoms with Gasteiger partial charge in [0.2, 0.25) is 5.60 Å². The van der Waals surface area contributed by atoms with Crippen molar-refractivity contribution in [3.05, 3.63) is 257 Å². The van der Waals surface area contributed by atoms with E-state index in [4.69, 9.17) is 210 Å². The van der Waals surface area contributed by atoms with Crippen LogP contribution in [0.1, 0.15) is 139 Å². The standard InChI is InChI=1S/C23H28ClNO6.C12H16ClNO3.C11H14ClF3N2O3.C11H14ClNO3.C10H11BrClNO3.C8H9Cl2NO2.C6H5Cl2NO.C6H3Cl2NO/c1-23(27,21-9-5-16(22(24)25-21)13-30-14-28-2)11-10-18(26)15-4-8-19(20(12-15)29-3)31-17-6-7-17;1-4-17-9(2)11-6-5-10(12(13)14-11)7-16-8-15-3;1-19-6-20-4-7-2-3-8(17-9(7)12)10(18,5-16)11(13,14)15;1-11(6-16-11)9-4-3-8(10(12)13-9)5-15-7-14-2;1-15-6-16-5-7-2-3-8(9(14)4-11)13-10(7)12;1-12-5-13-4-6-2-3-7(9)11-8(6)10;2*7-5-2-1-4(3-10)6(8)9-5/h4-5,8-9,12,17,27H,6-7,10-11,13-14H2,1-3H3;5-6H,2,4,7-8H2,1,3H3;2-3,18H,4-6,16H2,1H3;3-4H,5-7H2,1-2H3;2-3H,4-6H2,1H3;2-3H,4-5H2,1H3;1-2,10H,3H2;1-3H. The molecule has 3 unspecified atom stereocenters. The van der Waals surface area contributed by atoms with E-state index in [1.807, 2.05) is 32.0 Å². The number of epoxide rings is 1. The fourth-order valence-electron chi connectivity index (χ4n) is 9.89. The number of pyridine rings is 8. The van der Waals surface area contributed by atoms with Gasteiger partial charge in [0.25, 0.3) is 0 Å². The number of ether oxygens (including phenoxy) is 16. The molecule has 133 heavy (non-hydrogen) atoms. The molecule has 730 valence electrons. The number of halogens is 15.